The van der Waals surface area contributed by atoms with Crippen molar-refractivity contribution in [2.45, 2.75) is 0 Å². The summed E-state index contributed by atoms with van der Waals surface area (Å²) in [5.41, 5.74) is 1.02. The van der Waals surface area contributed by atoms with E-state index < -0.39 is 0 Å². The van der Waals surface area contributed by atoms with E-state index in [0.717, 1.165) is 16.3 Å². The zero-order chi connectivity index (χ0) is 10.1. The van der Waals surface area contributed by atoms with Gasteiger partial charge < -0.3 is 0 Å². The molecule has 0 aliphatic carbocycles. The summed E-state index contributed by atoms with van der Waals surface area (Å²) in [7, 11) is 0. The Morgan fingerprint density at radius 3 is 2.57 bits per heavy atom. The van der Waals surface area contributed by atoms with E-state index in [2.05, 4.69) is 6.58 Å². The number of halogens is 2. The minimum atomic E-state index is 0.700. The molecule has 70 valence electrons. The second-order valence-electron chi connectivity index (χ2n) is 3.07. The quantitative estimate of drug-likeness (QED) is 0.651. The van der Waals surface area contributed by atoms with Gasteiger partial charge in [0.15, 0.2) is 0 Å². The fraction of sp³-hybridized carbons (Fsp3) is 0. The number of hydrogen-bond acceptors (Lipinski definition) is 0. The van der Waals surface area contributed by atoms with Crippen molar-refractivity contribution in [3.8, 4) is 0 Å². The molecule has 0 bridgehead atoms. The molecule has 0 radical (unpaired) electrons. The first-order valence-electron chi connectivity index (χ1n) is 4.22. The summed E-state index contributed by atoms with van der Waals surface area (Å²) in [5.74, 6) is 0. The smallest absolute Gasteiger partial charge is 0.0490 e. The molecule has 0 fully saturated rings. The molecule has 0 N–H and O–H groups in total. The number of fused-ring (bicyclic) bond motifs is 1. The van der Waals surface area contributed by atoms with Gasteiger partial charge in [0.05, 0.1) is 0 Å². The Bertz CT molecular complexity index is 501. The summed E-state index contributed by atoms with van der Waals surface area (Å²) < 4.78 is 0. The highest BCUT2D eigenvalue weighted by atomic mass is 35.5. The standard InChI is InChI=1S/C12H8Cl2/c1-2-8-5-9-3-4-10(13)7-11(9)12(14)6-8/h2-7H,1H2. The second kappa shape index (κ2) is 3.64. The van der Waals surface area contributed by atoms with E-state index in [4.69, 9.17) is 23.2 Å². The Morgan fingerprint density at radius 1 is 1.07 bits per heavy atom. The van der Waals surface area contributed by atoms with Gasteiger partial charge in [-0.05, 0) is 35.2 Å². The Labute approximate surface area is 92.8 Å². The SMILES string of the molecule is C=Cc1cc(Cl)c2cc(Cl)ccc2c1. The van der Waals surface area contributed by atoms with Crippen LogP contribution in [0.5, 0.6) is 0 Å². The topological polar surface area (TPSA) is 0 Å². The van der Waals surface area contributed by atoms with E-state index in [1.165, 1.54) is 0 Å². The Balaban J connectivity index is 2.82. The summed E-state index contributed by atoms with van der Waals surface area (Å²) in [5, 5.41) is 3.47. The van der Waals surface area contributed by atoms with E-state index in [1.807, 2.05) is 30.3 Å². The first-order valence-corrected chi connectivity index (χ1v) is 4.97. The number of hydrogen-bond donors (Lipinski definition) is 0. The molecule has 0 aliphatic heterocycles. The first kappa shape index (κ1) is 9.57. The van der Waals surface area contributed by atoms with Crippen LogP contribution in [-0.4, -0.2) is 0 Å². The van der Waals surface area contributed by atoms with Gasteiger partial charge in [0, 0.05) is 15.4 Å². The van der Waals surface area contributed by atoms with Gasteiger partial charge >= 0.3 is 0 Å². The molecule has 0 spiro atoms. The number of rotatable bonds is 1. The van der Waals surface area contributed by atoms with Crippen LogP contribution in [0, 0.1) is 0 Å². The molecule has 0 saturated heterocycles. The van der Waals surface area contributed by atoms with Crippen molar-refractivity contribution in [2.24, 2.45) is 0 Å². The van der Waals surface area contributed by atoms with Crippen LogP contribution in [0.2, 0.25) is 10.0 Å². The lowest BCUT2D eigenvalue weighted by molar-refractivity contribution is 1.71. The zero-order valence-electron chi connectivity index (χ0n) is 7.43. The Hall–Kier alpha value is -0.980. The van der Waals surface area contributed by atoms with E-state index in [9.17, 15) is 0 Å². The van der Waals surface area contributed by atoms with Crippen LogP contribution < -0.4 is 0 Å². The van der Waals surface area contributed by atoms with Gasteiger partial charge in [-0.15, -0.1) is 0 Å². The molecule has 0 aromatic heterocycles. The first-order chi connectivity index (χ1) is 6.70. The summed E-state index contributed by atoms with van der Waals surface area (Å²) in [6.07, 6.45) is 1.78. The summed E-state index contributed by atoms with van der Waals surface area (Å²) in [4.78, 5) is 0. The molecule has 0 amide bonds. The van der Waals surface area contributed by atoms with Gasteiger partial charge in [-0.25, -0.2) is 0 Å². The third-order valence-electron chi connectivity index (χ3n) is 2.12. The van der Waals surface area contributed by atoms with Crippen molar-refractivity contribution in [1.82, 2.24) is 0 Å². The van der Waals surface area contributed by atoms with Crippen LogP contribution in [0.4, 0.5) is 0 Å². The molecular formula is C12H8Cl2. The maximum absolute atomic E-state index is 6.11. The Morgan fingerprint density at radius 2 is 1.86 bits per heavy atom. The van der Waals surface area contributed by atoms with Crippen LogP contribution in [-0.2, 0) is 0 Å². The highest BCUT2D eigenvalue weighted by Gasteiger charge is 2.01. The van der Waals surface area contributed by atoms with Gasteiger partial charge in [-0.1, -0.05) is 41.9 Å². The molecule has 2 heteroatoms. The van der Waals surface area contributed by atoms with Gasteiger partial charge in [0.2, 0.25) is 0 Å². The fourth-order valence-electron chi connectivity index (χ4n) is 1.42. The lowest BCUT2D eigenvalue weighted by atomic mass is 10.1. The van der Waals surface area contributed by atoms with Crippen molar-refractivity contribution in [3.05, 3.63) is 52.5 Å². The van der Waals surface area contributed by atoms with E-state index in [0.29, 0.717) is 10.0 Å². The van der Waals surface area contributed by atoms with Crippen LogP contribution in [0.3, 0.4) is 0 Å². The molecule has 0 saturated carbocycles. The second-order valence-corrected chi connectivity index (χ2v) is 3.92. The lowest BCUT2D eigenvalue weighted by Gasteiger charge is -2.03. The number of benzene rings is 2. The molecular weight excluding hydrogens is 215 g/mol. The predicted octanol–water partition coefficient (Wildman–Crippen LogP) is 4.79. The molecule has 0 atom stereocenters. The fourth-order valence-corrected chi connectivity index (χ4v) is 1.89. The van der Waals surface area contributed by atoms with Crippen molar-refractivity contribution in [1.29, 1.82) is 0 Å². The zero-order valence-corrected chi connectivity index (χ0v) is 8.94. The predicted molar refractivity (Wildman–Crippen MR) is 64.1 cm³/mol. The summed E-state index contributed by atoms with van der Waals surface area (Å²) >= 11 is 12.0. The van der Waals surface area contributed by atoms with E-state index >= 15 is 0 Å². The highest BCUT2D eigenvalue weighted by molar-refractivity contribution is 6.37. The minimum Gasteiger partial charge on any atom is -0.0985 e. The monoisotopic (exact) mass is 222 g/mol. The highest BCUT2D eigenvalue weighted by Crippen LogP contribution is 2.28. The molecule has 2 rings (SSSR count). The lowest BCUT2D eigenvalue weighted by Crippen LogP contribution is -1.78. The third kappa shape index (κ3) is 1.63. The van der Waals surface area contributed by atoms with Crippen molar-refractivity contribution in [2.75, 3.05) is 0 Å². The molecule has 0 unspecified atom stereocenters. The van der Waals surface area contributed by atoms with E-state index in [1.54, 1.807) is 6.08 Å². The van der Waals surface area contributed by atoms with E-state index in [-0.39, 0.29) is 0 Å². The summed E-state index contributed by atoms with van der Waals surface area (Å²) in [6, 6.07) is 9.59. The van der Waals surface area contributed by atoms with Crippen molar-refractivity contribution < 1.29 is 0 Å². The molecule has 0 aliphatic rings. The van der Waals surface area contributed by atoms with Crippen LogP contribution in [0.1, 0.15) is 5.56 Å². The summed E-state index contributed by atoms with van der Waals surface area (Å²) in [6.45, 7) is 3.71. The Kier molecular flexibility index (Phi) is 2.49. The van der Waals surface area contributed by atoms with Crippen LogP contribution in [0.15, 0.2) is 36.9 Å². The maximum Gasteiger partial charge on any atom is 0.0490 e. The maximum atomic E-state index is 6.11. The van der Waals surface area contributed by atoms with Crippen molar-refractivity contribution in [3.63, 3.8) is 0 Å². The normalized spacial score (nSPS) is 10.4. The average Bonchev–Trinajstić information content (AvgIpc) is 2.19. The molecule has 0 heterocycles. The van der Waals surface area contributed by atoms with Crippen molar-refractivity contribution >= 4 is 40.1 Å². The molecule has 2 aromatic carbocycles. The molecule has 0 nitrogen and oxygen atoms in total. The van der Waals surface area contributed by atoms with Gasteiger partial charge in [0.25, 0.3) is 0 Å². The molecule has 2 aromatic rings. The molecule has 14 heavy (non-hydrogen) atoms. The minimum absolute atomic E-state index is 0.700. The largest absolute Gasteiger partial charge is 0.0985 e. The van der Waals surface area contributed by atoms with Gasteiger partial charge in [-0.3, -0.25) is 0 Å². The van der Waals surface area contributed by atoms with Gasteiger partial charge in [-0.2, -0.15) is 0 Å². The van der Waals surface area contributed by atoms with Crippen LogP contribution in [0.25, 0.3) is 16.8 Å². The van der Waals surface area contributed by atoms with Gasteiger partial charge in [0.1, 0.15) is 0 Å². The average molecular weight is 223 g/mol. The van der Waals surface area contributed by atoms with Crippen LogP contribution >= 0.6 is 23.2 Å². The third-order valence-corrected chi connectivity index (χ3v) is 2.67.